The molecule has 0 amide bonds. The normalized spacial score (nSPS) is 21.9. The fraction of sp³-hybridized carbons (Fsp3) is 0.417. The molecule has 4 heteroatoms. The van der Waals surface area contributed by atoms with Crippen LogP contribution in [-0.2, 0) is 0 Å². The maximum Gasteiger partial charge on any atom is 0.335 e. The first-order valence-electron chi connectivity index (χ1n) is 5.36. The molecule has 1 saturated heterocycles. The molecule has 1 aliphatic rings. The zero-order chi connectivity index (χ0) is 11.5. The Kier molecular flexibility index (Phi) is 3.19. The monoisotopic (exact) mass is 223 g/mol. The minimum Gasteiger partial charge on any atom is -0.478 e. The van der Waals surface area contributed by atoms with Crippen LogP contribution in [0, 0.1) is 5.92 Å². The van der Waals surface area contributed by atoms with Gasteiger partial charge in [0.1, 0.15) is 6.17 Å². The fourth-order valence-corrected chi connectivity index (χ4v) is 2.01. The SMILES string of the molecule is O=C(O)c1ccc(C(F)C2CCNC2)cc1. The van der Waals surface area contributed by atoms with Crippen LogP contribution < -0.4 is 5.32 Å². The van der Waals surface area contributed by atoms with Crippen molar-refractivity contribution in [3.63, 3.8) is 0 Å². The molecule has 1 fully saturated rings. The van der Waals surface area contributed by atoms with E-state index in [4.69, 9.17) is 5.11 Å². The molecule has 0 aromatic heterocycles. The Bertz CT molecular complexity index is 371. The van der Waals surface area contributed by atoms with Gasteiger partial charge < -0.3 is 10.4 Å². The number of hydrogen-bond donors (Lipinski definition) is 2. The molecule has 1 aromatic rings. The molecule has 0 saturated carbocycles. The van der Waals surface area contributed by atoms with Crippen molar-refractivity contribution >= 4 is 5.97 Å². The Labute approximate surface area is 93.3 Å². The predicted octanol–water partition coefficient (Wildman–Crippen LogP) is 2.00. The van der Waals surface area contributed by atoms with Gasteiger partial charge in [0.25, 0.3) is 0 Å². The Hall–Kier alpha value is -1.42. The minimum atomic E-state index is -1.00. The molecule has 0 bridgehead atoms. The van der Waals surface area contributed by atoms with Gasteiger partial charge in [0.2, 0.25) is 0 Å². The summed E-state index contributed by atoms with van der Waals surface area (Å²) < 4.78 is 14.0. The van der Waals surface area contributed by atoms with E-state index in [0.717, 1.165) is 13.0 Å². The van der Waals surface area contributed by atoms with E-state index >= 15 is 0 Å². The maximum atomic E-state index is 14.0. The molecule has 1 aliphatic heterocycles. The highest BCUT2D eigenvalue weighted by Crippen LogP contribution is 2.30. The summed E-state index contributed by atoms with van der Waals surface area (Å²) in [6, 6.07) is 6.03. The van der Waals surface area contributed by atoms with Crippen molar-refractivity contribution in [3.05, 3.63) is 35.4 Å². The van der Waals surface area contributed by atoms with E-state index in [1.165, 1.54) is 12.1 Å². The topological polar surface area (TPSA) is 49.3 Å². The highest BCUT2D eigenvalue weighted by Gasteiger charge is 2.25. The van der Waals surface area contributed by atoms with Gasteiger partial charge in [-0.2, -0.15) is 0 Å². The fourth-order valence-electron chi connectivity index (χ4n) is 2.01. The standard InChI is InChI=1S/C12H14FNO2/c13-11(10-5-6-14-7-10)8-1-3-9(4-2-8)12(15)16/h1-4,10-11,14H,5-7H2,(H,15,16). The number of carboxylic acid groups (broad SMARTS) is 1. The van der Waals surface area contributed by atoms with Crippen LogP contribution in [0.4, 0.5) is 4.39 Å². The summed E-state index contributed by atoms with van der Waals surface area (Å²) in [6.45, 7) is 1.56. The van der Waals surface area contributed by atoms with Crippen LogP contribution in [0.25, 0.3) is 0 Å². The Balaban J connectivity index is 2.11. The molecule has 86 valence electrons. The van der Waals surface area contributed by atoms with Crippen molar-refractivity contribution in [2.45, 2.75) is 12.6 Å². The third-order valence-electron chi connectivity index (χ3n) is 2.99. The van der Waals surface area contributed by atoms with Gasteiger partial charge in [0, 0.05) is 12.5 Å². The third kappa shape index (κ3) is 2.22. The second-order valence-electron chi connectivity index (χ2n) is 4.08. The summed E-state index contributed by atoms with van der Waals surface area (Å²) >= 11 is 0. The maximum absolute atomic E-state index is 14.0. The van der Waals surface area contributed by atoms with Crippen LogP contribution in [0.5, 0.6) is 0 Å². The summed E-state index contributed by atoms with van der Waals surface area (Å²) in [5, 5.41) is 11.8. The van der Waals surface area contributed by atoms with Crippen molar-refractivity contribution < 1.29 is 14.3 Å². The molecule has 2 N–H and O–H groups in total. The molecule has 0 radical (unpaired) electrons. The molecule has 0 aliphatic carbocycles. The molecular weight excluding hydrogens is 209 g/mol. The lowest BCUT2D eigenvalue weighted by molar-refractivity contribution is 0.0697. The highest BCUT2D eigenvalue weighted by molar-refractivity contribution is 5.87. The Morgan fingerprint density at radius 1 is 1.44 bits per heavy atom. The number of halogens is 1. The van der Waals surface area contributed by atoms with E-state index in [1.807, 2.05) is 0 Å². The first-order chi connectivity index (χ1) is 7.68. The van der Waals surface area contributed by atoms with Crippen molar-refractivity contribution in [1.29, 1.82) is 0 Å². The number of alkyl halides is 1. The summed E-state index contributed by atoms with van der Waals surface area (Å²) in [6.07, 6.45) is -0.167. The molecule has 2 rings (SSSR count). The molecule has 1 heterocycles. The van der Waals surface area contributed by atoms with Gasteiger partial charge in [-0.15, -0.1) is 0 Å². The lowest BCUT2D eigenvalue weighted by atomic mass is 9.96. The van der Waals surface area contributed by atoms with Gasteiger partial charge in [-0.05, 0) is 30.7 Å². The van der Waals surface area contributed by atoms with E-state index in [-0.39, 0.29) is 11.5 Å². The van der Waals surface area contributed by atoms with Gasteiger partial charge in [-0.3, -0.25) is 0 Å². The second-order valence-corrected chi connectivity index (χ2v) is 4.08. The van der Waals surface area contributed by atoms with Crippen molar-refractivity contribution in [3.8, 4) is 0 Å². The molecule has 0 spiro atoms. The molecular formula is C12H14FNO2. The molecule has 1 aromatic carbocycles. The van der Waals surface area contributed by atoms with Gasteiger partial charge in [0.05, 0.1) is 5.56 Å². The summed E-state index contributed by atoms with van der Waals surface area (Å²) in [5.74, 6) is -0.972. The number of nitrogens with one attached hydrogen (secondary N) is 1. The second kappa shape index (κ2) is 4.61. The van der Waals surface area contributed by atoms with E-state index in [0.29, 0.717) is 12.1 Å². The average Bonchev–Trinajstić information content (AvgIpc) is 2.81. The lowest BCUT2D eigenvalue weighted by Gasteiger charge is -2.14. The van der Waals surface area contributed by atoms with Gasteiger partial charge in [-0.1, -0.05) is 12.1 Å². The van der Waals surface area contributed by atoms with Gasteiger partial charge in [-0.25, -0.2) is 9.18 Å². The number of carboxylic acids is 1. The van der Waals surface area contributed by atoms with E-state index in [9.17, 15) is 9.18 Å². The van der Waals surface area contributed by atoms with Crippen LogP contribution >= 0.6 is 0 Å². The van der Waals surface area contributed by atoms with E-state index in [1.54, 1.807) is 12.1 Å². The molecule has 2 unspecified atom stereocenters. The minimum absolute atomic E-state index is 0.00989. The molecule has 3 nitrogen and oxygen atoms in total. The predicted molar refractivity (Wildman–Crippen MR) is 58.2 cm³/mol. The quantitative estimate of drug-likeness (QED) is 0.824. The molecule has 2 atom stereocenters. The number of aromatic carboxylic acids is 1. The Morgan fingerprint density at radius 2 is 2.12 bits per heavy atom. The van der Waals surface area contributed by atoms with Crippen LogP contribution in [0.15, 0.2) is 24.3 Å². The van der Waals surface area contributed by atoms with Crippen LogP contribution in [0.3, 0.4) is 0 Å². The number of rotatable bonds is 3. The van der Waals surface area contributed by atoms with Gasteiger partial charge in [0.15, 0.2) is 0 Å². The zero-order valence-electron chi connectivity index (χ0n) is 8.82. The smallest absolute Gasteiger partial charge is 0.335 e. The number of benzene rings is 1. The third-order valence-corrected chi connectivity index (χ3v) is 2.99. The summed E-state index contributed by atoms with van der Waals surface area (Å²) in [5.41, 5.74) is 0.763. The highest BCUT2D eigenvalue weighted by atomic mass is 19.1. The summed E-state index contributed by atoms with van der Waals surface area (Å²) in [4.78, 5) is 10.6. The van der Waals surface area contributed by atoms with Crippen LogP contribution in [0.2, 0.25) is 0 Å². The van der Waals surface area contributed by atoms with E-state index in [2.05, 4.69) is 5.32 Å². The van der Waals surface area contributed by atoms with Crippen LogP contribution in [0.1, 0.15) is 28.5 Å². The first-order valence-corrected chi connectivity index (χ1v) is 5.36. The molecule has 16 heavy (non-hydrogen) atoms. The number of hydrogen-bond acceptors (Lipinski definition) is 2. The first kappa shape index (κ1) is 11.1. The largest absolute Gasteiger partial charge is 0.478 e. The van der Waals surface area contributed by atoms with Gasteiger partial charge >= 0.3 is 5.97 Å². The van der Waals surface area contributed by atoms with Crippen molar-refractivity contribution in [1.82, 2.24) is 5.32 Å². The van der Waals surface area contributed by atoms with Crippen molar-refractivity contribution in [2.75, 3.05) is 13.1 Å². The van der Waals surface area contributed by atoms with Crippen molar-refractivity contribution in [2.24, 2.45) is 5.92 Å². The van der Waals surface area contributed by atoms with E-state index < -0.39 is 12.1 Å². The number of carbonyl (C=O) groups is 1. The average molecular weight is 223 g/mol. The zero-order valence-corrected chi connectivity index (χ0v) is 8.82. The summed E-state index contributed by atoms with van der Waals surface area (Å²) in [7, 11) is 0. The van der Waals surface area contributed by atoms with Crippen LogP contribution in [-0.4, -0.2) is 24.2 Å². The lowest BCUT2D eigenvalue weighted by Crippen LogP contribution is -2.13. The Morgan fingerprint density at radius 3 is 2.62 bits per heavy atom.